The molecule has 0 bridgehead atoms. The van der Waals surface area contributed by atoms with Gasteiger partial charge in [-0.1, -0.05) is 30.3 Å². The Kier molecular flexibility index (Phi) is 4.84. The lowest BCUT2D eigenvalue weighted by Gasteiger charge is -2.09. The second-order valence-corrected chi connectivity index (χ2v) is 7.13. The molecule has 5 heteroatoms. The van der Waals surface area contributed by atoms with E-state index in [2.05, 4.69) is 0 Å². The number of methoxy groups -OCH3 is 2. The number of benzene rings is 3. The molecule has 5 nitrogen and oxygen atoms in total. The van der Waals surface area contributed by atoms with Crippen molar-refractivity contribution in [2.24, 2.45) is 0 Å². The molecule has 0 N–H and O–H groups in total. The second kappa shape index (κ2) is 7.95. The van der Waals surface area contributed by atoms with Gasteiger partial charge in [-0.15, -0.1) is 0 Å². The third kappa shape index (κ3) is 3.51. The number of hydrogen-bond donors (Lipinski definition) is 0. The van der Waals surface area contributed by atoms with Crippen molar-refractivity contribution in [3.8, 4) is 39.7 Å². The highest BCUT2D eigenvalue weighted by Gasteiger charge is 2.17. The molecule has 0 unspecified atom stereocenters. The molecule has 5 rings (SSSR count). The van der Waals surface area contributed by atoms with Crippen LogP contribution in [0.5, 0.6) is 11.5 Å². The van der Waals surface area contributed by atoms with Crippen molar-refractivity contribution in [1.29, 1.82) is 0 Å². The van der Waals surface area contributed by atoms with Gasteiger partial charge in [0, 0.05) is 28.8 Å². The van der Waals surface area contributed by atoms with Gasteiger partial charge in [0.05, 0.1) is 31.1 Å². The third-order valence-electron chi connectivity index (χ3n) is 5.27. The Morgan fingerprint density at radius 1 is 0.774 bits per heavy atom. The molecule has 31 heavy (non-hydrogen) atoms. The van der Waals surface area contributed by atoms with Crippen molar-refractivity contribution >= 4 is 10.9 Å². The lowest BCUT2D eigenvalue weighted by molar-refractivity contribution is 0.415. The number of nitrogens with zero attached hydrogens (tertiary/aromatic N) is 3. The van der Waals surface area contributed by atoms with Gasteiger partial charge in [0.1, 0.15) is 17.2 Å². The summed E-state index contributed by atoms with van der Waals surface area (Å²) in [4.78, 5) is 4.92. The predicted molar refractivity (Wildman–Crippen MR) is 123 cm³/mol. The van der Waals surface area contributed by atoms with Gasteiger partial charge in [0.2, 0.25) is 0 Å². The molecule has 2 heterocycles. The van der Waals surface area contributed by atoms with Crippen molar-refractivity contribution in [1.82, 2.24) is 14.8 Å². The van der Waals surface area contributed by atoms with Crippen LogP contribution in [-0.4, -0.2) is 29.0 Å². The van der Waals surface area contributed by atoms with E-state index in [1.807, 2.05) is 95.8 Å². The van der Waals surface area contributed by atoms with E-state index < -0.39 is 0 Å². The normalized spacial score (nSPS) is 10.9. The molecule has 5 aromatic rings. The van der Waals surface area contributed by atoms with Crippen LogP contribution in [0.15, 0.2) is 91.1 Å². The molecule has 0 aliphatic carbocycles. The van der Waals surface area contributed by atoms with Gasteiger partial charge in [-0.3, -0.25) is 0 Å². The molecule has 152 valence electrons. The Labute approximate surface area is 180 Å². The maximum atomic E-state index is 5.67. The monoisotopic (exact) mass is 407 g/mol. The summed E-state index contributed by atoms with van der Waals surface area (Å²) >= 11 is 0. The van der Waals surface area contributed by atoms with Gasteiger partial charge in [-0.2, -0.15) is 5.10 Å². The molecule has 0 fully saturated rings. The fourth-order valence-corrected chi connectivity index (χ4v) is 3.69. The van der Waals surface area contributed by atoms with E-state index in [-0.39, 0.29) is 0 Å². The zero-order valence-corrected chi connectivity index (χ0v) is 17.3. The minimum absolute atomic E-state index is 0.786. The van der Waals surface area contributed by atoms with Crippen molar-refractivity contribution in [3.05, 3.63) is 91.1 Å². The molecule has 0 radical (unpaired) electrons. The topological polar surface area (TPSA) is 49.2 Å². The highest BCUT2D eigenvalue weighted by atomic mass is 16.5. The number of fused-ring (bicyclic) bond motifs is 1. The van der Waals surface area contributed by atoms with Gasteiger partial charge >= 0.3 is 0 Å². The Morgan fingerprint density at radius 2 is 1.52 bits per heavy atom. The average molecular weight is 407 g/mol. The van der Waals surface area contributed by atoms with E-state index >= 15 is 0 Å². The zero-order chi connectivity index (χ0) is 21.2. The first kappa shape index (κ1) is 18.9. The molecule has 0 aliphatic heterocycles. The first-order valence-corrected chi connectivity index (χ1v) is 10.0. The summed E-state index contributed by atoms with van der Waals surface area (Å²) in [6, 6.07) is 27.9. The number of pyridine rings is 1. The largest absolute Gasteiger partial charge is 0.497 e. The summed E-state index contributed by atoms with van der Waals surface area (Å²) in [5.41, 5.74) is 5.43. The second-order valence-electron chi connectivity index (χ2n) is 7.13. The van der Waals surface area contributed by atoms with E-state index in [1.54, 1.807) is 14.2 Å². The van der Waals surface area contributed by atoms with Crippen LogP contribution >= 0.6 is 0 Å². The molecular weight excluding hydrogens is 386 g/mol. The quantitative estimate of drug-likeness (QED) is 0.371. The van der Waals surface area contributed by atoms with Crippen LogP contribution in [0, 0.1) is 0 Å². The third-order valence-corrected chi connectivity index (χ3v) is 5.27. The lowest BCUT2D eigenvalue weighted by atomic mass is 10.0. The molecule has 3 aromatic carbocycles. The SMILES string of the molecule is COc1ccc(-c2nn(-c3ccccc3)cc2-c2cc(OC)c3ccccc3n2)cc1. The van der Waals surface area contributed by atoms with Crippen LogP contribution in [0.2, 0.25) is 0 Å². The van der Waals surface area contributed by atoms with Crippen LogP contribution in [0.25, 0.3) is 39.1 Å². The summed E-state index contributed by atoms with van der Waals surface area (Å²) in [5.74, 6) is 1.59. The fourth-order valence-electron chi connectivity index (χ4n) is 3.69. The van der Waals surface area contributed by atoms with E-state index in [0.717, 1.165) is 50.6 Å². The standard InChI is InChI=1S/C26H21N3O2/c1-30-20-14-12-18(13-15-20)26-22(17-29(28-26)19-8-4-3-5-9-19)24-16-25(31-2)21-10-6-7-11-23(21)27-24/h3-17H,1-2H3. The Bertz CT molecular complexity index is 1340. The van der Waals surface area contributed by atoms with Crippen LogP contribution in [0.4, 0.5) is 0 Å². The summed E-state index contributed by atoms with van der Waals surface area (Å²) in [7, 11) is 3.35. The van der Waals surface area contributed by atoms with Crippen molar-refractivity contribution in [3.63, 3.8) is 0 Å². The molecule has 0 atom stereocenters. The Morgan fingerprint density at radius 3 is 2.26 bits per heavy atom. The molecular formula is C26H21N3O2. The van der Waals surface area contributed by atoms with Gasteiger partial charge in [0.15, 0.2) is 0 Å². The van der Waals surface area contributed by atoms with Crippen molar-refractivity contribution in [2.75, 3.05) is 14.2 Å². The number of aromatic nitrogens is 3. The van der Waals surface area contributed by atoms with Crippen LogP contribution < -0.4 is 9.47 Å². The average Bonchev–Trinajstić information content (AvgIpc) is 3.29. The predicted octanol–water partition coefficient (Wildman–Crippen LogP) is 5.77. The number of hydrogen-bond acceptors (Lipinski definition) is 4. The lowest BCUT2D eigenvalue weighted by Crippen LogP contribution is -1.94. The number of rotatable bonds is 5. The minimum atomic E-state index is 0.786. The molecule has 0 spiro atoms. The summed E-state index contributed by atoms with van der Waals surface area (Å²) in [5, 5.41) is 5.89. The minimum Gasteiger partial charge on any atom is -0.497 e. The van der Waals surface area contributed by atoms with E-state index in [9.17, 15) is 0 Å². The highest BCUT2D eigenvalue weighted by Crippen LogP contribution is 2.36. The van der Waals surface area contributed by atoms with Crippen LogP contribution in [0.3, 0.4) is 0 Å². The van der Waals surface area contributed by atoms with Crippen molar-refractivity contribution < 1.29 is 9.47 Å². The zero-order valence-electron chi connectivity index (χ0n) is 17.3. The number of ether oxygens (including phenoxy) is 2. The molecule has 0 amide bonds. The van der Waals surface area contributed by atoms with Gasteiger partial charge < -0.3 is 9.47 Å². The Balaban J connectivity index is 1.73. The fraction of sp³-hybridized carbons (Fsp3) is 0.0769. The summed E-state index contributed by atoms with van der Waals surface area (Å²) in [6.45, 7) is 0. The maximum absolute atomic E-state index is 5.67. The maximum Gasteiger partial charge on any atom is 0.130 e. The summed E-state index contributed by atoms with van der Waals surface area (Å²) < 4.78 is 12.9. The van der Waals surface area contributed by atoms with Gasteiger partial charge in [-0.05, 0) is 48.5 Å². The molecule has 0 aliphatic rings. The first-order chi connectivity index (χ1) is 15.3. The van der Waals surface area contributed by atoms with Crippen LogP contribution in [-0.2, 0) is 0 Å². The highest BCUT2D eigenvalue weighted by molar-refractivity contribution is 5.90. The van der Waals surface area contributed by atoms with Crippen LogP contribution in [0.1, 0.15) is 0 Å². The molecule has 0 saturated heterocycles. The number of para-hydroxylation sites is 2. The molecule has 0 saturated carbocycles. The first-order valence-electron chi connectivity index (χ1n) is 10.0. The van der Waals surface area contributed by atoms with E-state index in [1.165, 1.54) is 0 Å². The summed E-state index contributed by atoms with van der Waals surface area (Å²) in [6.07, 6.45) is 2.02. The van der Waals surface area contributed by atoms with E-state index in [0.29, 0.717) is 0 Å². The Hall–Kier alpha value is -4.12. The van der Waals surface area contributed by atoms with Gasteiger partial charge in [-0.25, -0.2) is 9.67 Å². The molecule has 2 aromatic heterocycles. The van der Waals surface area contributed by atoms with Crippen molar-refractivity contribution in [2.45, 2.75) is 0 Å². The van der Waals surface area contributed by atoms with Gasteiger partial charge in [0.25, 0.3) is 0 Å². The smallest absolute Gasteiger partial charge is 0.130 e. The van der Waals surface area contributed by atoms with E-state index in [4.69, 9.17) is 19.6 Å².